The molecule has 3 fully saturated rings. The molecule has 3 aliphatic heterocycles. The summed E-state index contributed by atoms with van der Waals surface area (Å²) < 4.78 is 67.9. The van der Waals surface area contributed by atoms with Crippen molar-refractivity contribution in [1.82, 2.24) is 39.3 Å². The summed E-state index contributed by atoms with van der Waals surface area (Å²) in [6.45, 7) is 32.0. The molecule has 0 spiro atoms. The second kappa shape index (κ2) is 53.3. The molecule has 16 atom stereocenters. The predicted molar refractivity (Wildman–Crippen MR) is 451 cm³/mol. The number of hydrogen-bond acceptors (Lipinski definition) is 34. The van der Waals surface area contributed by atoms with Crippen molar-refractivity contribution in [3.63, 3.8) is 0 Å². The van der Waals surface area contributed by atoms with Gasteiger partial charge in [0.1, 0.15) is 60.3 Å². The van der Waals surface area contributed by atoms with Crippen LogP contribution in [0.15, 0.2) is 95.9 Å². The maximum absolute atomic E-state index is 12.5. The highest BCUT2D eigenvalue weighted by atomic mass is 32.2. The Kier molecular flexibility index (Phi) is 51.3. The van der Waals surface area contributed by atoms with Crippen LogP contribution in [-0.2, 0) is 66.8 Å². The second-order valence-electron chi connectivity index (χ2n) is 28.9. The zero-order valence-electron chi connectivity index (χ0n) is 65.6. The fourth-order valence-corrected chi connectivity index (χ4v) is 17.9. The van der Waals surface area contributed by atoms with E-state index in [1.54, 1.807) is 20.8 Å². The van der Waals surface area contributed by atoms with Gasteiger partial charge in [0.25, 0.3) is 16.7 Å². The van der Waals surface area contributed by atoms with Crippen LogP contribution in [0.2, 0.25) is 0 Å². The molecule has 6 heterocycles. The molecule has 114 heavy (non-hydrogen) atoms. The molecule has 13 N–H and O–H groups in total. The first-order valence-electron chi connectivity index (χ1n) is 35.2. The molecule has 35 nitrogen and oxygen atoms in total. The number of carbonyl (C=O) groups is 4. The number of aromatic amines is 3. The molecule has 0 aliphatic carbocycles. The standard InChI is InChI=1S/C17H27N2O8PS2.C16H23N2O8PS2.C10H15N.C9H12N2O5S.C9H19NO2.C7H13O4PS.2CH4/c1-17(2,3)15(23)29-8-7-26-28(4,25)27-9-10-12(21)13(22)14(30-10)19-6-5-11(20)18-16(19)24;1-16(2,3)14(22)28-7-6-25-27(24)26-8-9-11(20)12(21)13(29-9)18-5-4-10(19)17-15(18)23;1-9(2)11-8-10-6-4-3-5-7-10;12-3-4-6(14)7(15)8(17-4)11-2-1-5(13)10-9(11)16;1-6(2)10-8(5)9(11)12-7(3)4;1-7(2,3)6(8)13-5-4-11-12(9)10;;/h5-6,10,12-14,21-22H,7-9H2,1-4H3,(H,18,20,24);4-5,9,11-13,20-21H,6-8H2,1-3H3;3-7,9,11H,8H2,1-2H3;1-2,4,6-8,12,14-15H,3H2,(H,10,13,16);6-8,10H,1-5H3;4-5H2,1-3H3;2*1H4/p+2/t10-,12-,13-,14-,28?;9-,11-,12-,13-;;4-,6-,7-,8-;8-;;;/m11.10.../s1. The minimum atomic E-state index is -3.45. The number of aliphatic hydroxyl groups excluding tert-OH is 7. The van der Waals surface area contributed by atoms with E-state index in [4.69, 9.17) is 32.8 Å². The van der Waals surface area contributed by atoms with Crippen molar-refractivity contribution in [1.29, 1.82) is 0 Å². The molecule has 3 saturated heterocycles. The number of nitrogens with one attached hydrogen (secondary N) is 5. The summed E-state index contributed by atoms with van der Waals surface area (Å²) in [5, 5.41) is 71.6. The fourth-order valence-electron chi connectivity index (χ4n) is 8.91. The zero-order valence-corrected chi connectivity index (χ0v) is 73.2. The Balaban J connectivity index is 0.00000140. The Labute approximate surface area is 691 Å². The third-order valence-corrected chi connectivity index (χ3v) is 25.6. The molecular formula is C70H119N8O27P3S6+2. The number of nitrogens with zero attached hydrogens (tertiary/aromatic N) is 3. The molecular weight excluding hydrogens is 1670 g/mol. The molecule has 4 aromatic rings. The molecule has 0 saturated carbocycles. The SMILES string of the molecule is C.C.CC(C)(C)C(=O)SCCOP(C)(=O)OC[C@H]1S[C@@H](n2ccc(=O)[nH]c2=O)[C@H](O)[C@@H]1O.CC(C)(C)C(=O)SCCO[P+](=O)O.CC(C)(C)C(=O)SCCO[P+](=O)OC[C@H]1S[C@@H](n2ccc(=O)[nH]c2=O)[C@H](O)[C@@H]1O.CC(C)NCc1ccccc1.CC(C)N[C@@H](C)C(=O)OC(C)C.O=c1ccn([C@@H]2S[C@H](CO)[C@@H](O)[C@H]2O)c(=O)[nH]1. The number of hydrogen-bond donors (Lipinski definition) is 13. The normalized spacial score (nSPS) is 22.2. The lowest BCUT2D eigenvalue weighted by atomic mass is 9.99. The van der Waals surface area contributed by atoms with Crippen LogP contribution in [0.25, 0.3) is 0 Å². The van der Waals surface area contributed by atoms with Gasteiger partial charge in [-0.3, -0.25) is 66.8 Å². The van der Waals surface area contributed by atoms with E-state index in [9.17, 15) is 92.3 Å². The molecule has 3 aromatic heterocycles. The van der Waals surface area contributed by atoms with Crippen LogP contribution in [0, 0.1) is 16.2 Å². The zero-order chi connectivity index (χ0) is 85.3. The van der Waals surface area contributed by atoms with Crippen LogP contribution in [-0.4, -0.2) is 231 Å². The molecule has 3 aliphatic rings. The minimum Gasteiger partial charge on any atom is -0.462 e. The van der Waals surface area contributed by atoms with Gasteiger partial charge >= 0.3 is 47.1 Å². The number of H-pyrrole nitrogens is 3. The van der Waals surface area contributed by atoms with E-state index >= 15 is 0 Å². The number of carbonyl (C=O) groups excluding carboxylic acids is 4. The van der Waals surface area contributed by atoms with Crippen LogP contribution in [0.1, 0.15) is 147 Å². The van der Waals surface area contributed by atoms with Crippen LogP contribution in [0.5, 0.6) is 0 Å². The van der Waals surface area contributed by atoms with Gasteiger partial charge in [-0.1, -0.05) is 170 Å². The van der Waals surface area contributed by atoms with Crippen molar-refractivity contribution in [2.75, 3.05) is 63.6 Å². The van der Waals surface area contributed by atoms with Gasteiger partial charge < -0.3 is 60.2 Å². The van der Waals surface area contributed by atoms with E-state index in [0.29, 0.717) is 29.3 Å². The summed E-state index contributed by atoms with van der Waals surface area (Å²) in [6, 6.07) is 14.5. The average molecular weight is 1790 g/mol. The highest BCUT2D eigenvalue weighted by molar-refractivity contribution is 8.14. The average Bonchev–Trinajstić information content (AvgIpc) is 1.68. The highest BCUT2D eigenvalue weighted by Gasteiger charge is 2.47. The van der Waals surface area contributed by atoms with E-state index in [2.05, 4.69) is 68.2 Å². The lowest BCUT2D eigenvalue weighted by Crippen LogP contribution is -2.40. The van der Waals surface area contributed by atoms with E-state index in [1.165, 1.54) is 30.8 Å². The maximum atomic E-state index is 12.5. The van der Waals surface area contributed by atoms with Gasteiger partial charge in [0, 0.05) is 105 Å². The molecule has 3 unspecified atom stereocenters. The highest BCUT2D eigenvalue weighted by Crippen LogP contribution is 2.48. The summed E-state index contributed by atoms with van der Waals surface area (Å²) >= 11 is 6.52. The van der Waals surface area contributed by atoms with E-state index < -0.39 is 137 Å². The Morgan fingerprint density at radius 1 is 0.535 bits per heavy atom. The third kappa shape index (κ3) is 41.1. The van der Waals surface area contributed by atoms with Gasteiger partial charge in [-0.25, -0.2) is 14.4 Å². The number of thioether (sulfide) groups is 6. The van der Waals surface area contributed by atoms with Crippen LogP contribution >= 0.6 is 94.7 Å². The fraction of sp³-hybridized carbons (Fsp3) is 0.686. The van der Waals surface area contributed by atoms with Crippen molar-refractivity contribution in [3.05, 3.63) is 135 Å². The lowest BCUT2D eigenvalue weighted by molar-refractivity contribution is -0.149. The van der Waals surface area contributed by atoms with Gasteiger partial charge in [0.15, 0.2) is 15.3 Å². The third-order valence-electron chi connectivity index (χ3n) is 14.7. The molecule has 0 bridgehead atoms. The van der Waals surface area contributed by atoms with Crippen LogP contribution in [0.3, 0.4) is 0 Å². The summed E-state index contributed by atoms with van der Waals surface area (Å²) in [7, 11) is -8.45. The number of aromatic nitrogens is 6. The first-order chi connectivity index (χ1) is 51.9. The number of rotatable bonds is 29. The molecule has 0 radical (unpaired) electrons. The Morgan fingerprint density at radius 3 is 1.25 bits per heavy atom. The van der Waals surface area contributed by atoms with Gasteiger partial charge in [0.05, 0.1) is 60.0 Å². The van der Waals surface area contributed by atoms with Gasteiger partial charge in [-0.15, -0.1) is 53.8 Å². The summed E-state index contributed by atoms with van der Waals surface area (Å²) in [4.78, 5) is 129. The first kappa shape index (κ1) is 110. The van der Waals surface area contributed by atoms with Gasteiger partial charge in [0.2, 0.25) is 0 Å². The molecule has 650 valence electrons. The van der Waals surface area contributed by atoms with Gasteiger partial charge in [-0.2, -0.15) is 0 Å². The second-order valence-corrected chi connectivity index (χ2v) is 39.9. The maximum Gasteiger partial charge on any atom is 0.697 e. The monoisotopic (exact) mass is 1790 g/mol. The molecule has 7 rings (SSSR count). The first-order valence-corrected chi connectivity index (χ1v) is 45.2. The lowest BCUT2D eigenvalue weighted by Gasteiger charge is -2.19. The Morgan fingerprint density at radius 2 is 0.904 bits per heavy atom. The number of esters is 1. The van der Waals surface area contributed by atoms with Crippen LogP contribution < -0.4 is 44.4 Å². The van der Waals surface area contributed by atoms with E-state index in [0.717, 1.165) is 109 Å². The Hall–Kier alpha value is -4.33. The quantitative estimate of drug-likeness (QED) is 0.0156. The summed E-state index contributed by atoms with van der Waals surface area (Å²) in [5.41, 5.74) is -3.70. The summed E-state index contributed by atoms with van der Waals surface area (Å²) in [5.74, 6) is 0.891. The number of ether oxygens (including phenoxy) is 1. The van der Waals surface area contributed by atoms with Gasteiger partial charge in [-0.05, 0) is 26.3 Å². The Bertz CT molecular complexity index is 4020. The van der Waals surface area contributed by atoms with Crippen LogP contribution in [0.4, 0.5) is 0 Å². The molecule has 0 amide bonds. The smallest absolute Gasteiger partial charge is 0.462 e. The topological polar surface area (TPSA) is 525 Å². The van der Waals surface area contributed by atoms with Crippen molar-refractivity contribution < 1.29 is 101 Å². The van der Waals surface area contributed by atoms with Crippen molar-refractivity contribution in [2.24, 2.45) is 16.2 Å². The van der Waals surface area contributed by atoms with Crippen molar-refractivity contribution >= 4 is 116 Å². The minimum absolute atomic E-state index is 0. The molecule has 44 heteroatoms. The number of aliphatic hydroxyl groups is 7. The molecule has 1 aromatic carbocycles. The van der Waals surface area contributed by atoms with E-state index in [-0.39, 0.29) is 93.4 Å². The van der Waals surface area contributed by atoms with Crippen molar-refractivity contribution in [3.8, 4) is 0 Å². The summed E-state index contributed by atoms with van der Waals surface area (Å²) in [6.07, 6.45) is -3.61. The van der Waals surface area contributed by atoms with Crippen molar-refractivity contribution in [2.45, 2.75) is 225 Å². The predicted octanol–water partition coefficient (Wildman–Crippen LogP) is 6.51. The largest absolute Gasteiger partial charge is 0.697 e. The van der Waals surface area contributed by atoms with E-state index in [1.807, 2.05) is 82.2 Å². The number of benzene rings is 1.